The Bertz CT molecular complexity index is 478. The SMILES string of the molecule is Cc1cc(C)cc(NC(=O)C(=O)NCCCOC(C)C)c1. The van der Waals surface area contributed by atoms with Gasteiger partial charge < -0.3 is 15.4 Å². The molecule has 5 nitrogen and oxygen atoms in total. The van der Waals surface area contributed by atoms with E-state index >= 15 is 0 Å². The molecule has 0 aromatic heterocycles. The van der Waals surface area contributed by atoms with E-state index in [9.17, 15) is 9.59 Å². The van der Waals surface area contributed by atoms with E-state index in [1.54, 1.807) is 0 Å². The highest BCUT2D eigenvalue weighted by atomic mass is 16.5. The summed E-state index contributed by atoms with van der Waals surface area (Å²) >= 11 is 0. The third-order valence-electron chi connectivity index (χ3n) is 2.74. The van der Waals surface area contributed by atoms with Crippen molar-refractivity contribution in [3.05, 3.63) is 29.3 Å². The number of ether oxygens (including phenoxy) is 1. The Morgan fingerprint density at radius 1 is 1.10 bits per heavy atom. The van der Waals surface area contributed by atoms with Gasteiger partial charge in [-0.1, -0.05) is 6.07 Å². The van der Waals surface area contributed by atoms with Gasteiger partial charge in [0.1, 0.15) is 0 Å². The van der Waals surface area contributed by atoms with Crippen molar-refractivity contribution in [3.63, 3.8) is 0 Å². The lowest BCUT2D eigenvalue weighted by Gasteiger charge is -2.09. The molecule has 0 bridgehead atoms. The van der Waals surface area contributed by atoms with E-state index in [1.165, 1.54) is 0 Å². The van der Waals surface area contributed by atoms with E-state index in [-0.39, 0.29) is 6.10 Å². The van der Waals surface area contributed by atoms with E-state index in [1.807, 2.05) is 45.9 Å². The Labute approximate surface area is 126 Å². The largest absolute Gasteiger partial charge is 0.379 e. The first-order valence-corrected chi connectivity index (χ1v) is 7.17. The zero-order valence-corrected chi connectivity index (χ0v) is 13.2. The van der Waals surface area contributed by atoms with Gasteiger partial charge in [-0.2, -0.15) is 0 Å². The molecule has 0 aliphatic carbocycles. The molecule has 0 unspecified atom stereocenters. The molecular weight excluding hydrogens is 268 g/mol. The fourth-order valence-corrected chi connectivity index (χ4v) is 1.91. The number of anilines is 1. The average molecular weight is 292 g/mol. The summed E-state index contributed by atoms with van der Waals surface area (Å²) in [5.74, 6) is -1.27. The van der Waals surface area contributed by atoms with Crippen molar-refractivity contribution in [2.24, 2.45) is 0 Å². The van der Waals surface area contributed by atoms with E-state index in [0.29, 0.717) is 25.3 Å². The van der Waals surface area contributed by atoms with Crippen LogP contribution in [0.4, 0.5) is 5.69 Å². The fourth-order valence-electron chi connectivity index (χ4n) is 1.91. The summed E-state index contributed by atoms with van der Waals surface area (Å²) in [6.07, 6.45) is 0.856. The topological polar surface area (TPSA) is 67.4 Å². The van der Waals surface area contributed by atoms with Crippen LogP contribution in [0.5, 0.6) is 0 Å². The summed E-state index contributed by atoms with van der Waals surface area (Å²) in [7, 11) is 0. The quantitative estimate of drug-likeness (QED) is 0.624. The number of benzene rings is 1. The molecule has 1 aromatic rings. The van der Waals surface area contributed by atoms with E-state index in [2.05, 4.69) is 10.6 Å². The number of carbonyl (C=O) groups excluding carboxylic acids is 2. The minimum atomic E-state index is -0.648. The zero-order chi connectivity index (χ0) is 15.8. The van der Waals surface area contributed by atoms with Gasteiger partial charge in [-0.3, -0.25) is 9.59 Å². The van der Waals surface area contributed by atoms with Crippen LogP contribution in [0, 0.1) is 13.8 Å². The molecule has 2 N–H and O–H groups in total. The monoisotopic (exact) mass is 292 g/mol. The van der Waals surface area contributed by atoms with Gasteiger partial charge in [0.15, 0.2) is 0 Å². The average Bonchev–Trinajstić information content (AvgIpc) is 2.36. The van der Waals surface area contributed by atoms with Crippen molar-refractivity contribution >= 4 is 17.5 Å². The van der Waals surface area contributed by atoms with Crippen LogP contribution in [-0.2, 0) is 14.3 Å². The minimum Gasteiger partial charge on any atom is -0.379 e. The highest BCUT2D eigenvalue weighted by Gasteiger charge is 2.13. The molecule has 0 atom stereocenters. The van der Waals surface area contributed by atoms with Gasteiger partial charge in [-0.05, 0) is 57.4 Å². The van der Waals surface area contributed by atoms with Gasteiger partial charge in [0.05, 0.1) is 6.10 Å². The number of carbonyl (C=O) groups is 2. The molecule has 0 saturated carbocycles. The standard InChI is InChI=1S/C16H24N2O3/c1-11(2)21-7-5-6-17-15(19)16(20)18-14-9-12(3)8-13(4)10-14/h8-11H,5-7H2,1-4H3,(H,17,19)(H,18,20). The van der Waals surface area contributed by atoms with E-state index in [0.717, 1.165) is 11.1 Å². The van der Waals surface area contributed by atoms with Crippen LogP contribution in [0.2, 0.25) is 0 Å². The van der Waals surface area contributed by atoms with Crippen LogP contribution in [0.1, 0.15) is 31.4 Å². The Balaban J connectivity index is 2.35. The van der Waals surface area contributed by atoms with Crippen molar-refractivity contribution in [3.8, 4) is 0 Å². The molecule has 5 heteroatoms. The molecule has 0 heterocycles. The van der Waals surface area contributed by atoms with Crippen molar-refractivity contribution in [1.29, 1.82) is 0 Å². The molecule has 0 aliphatic heterocycles. The molecule has 1 aromatic carbocycles. The molecule has 21 heavy (non-hydrogen) atoms. The molecule has 1 rings (SSSR count). The molecule has 116 valence electrons. The third-order valence-corrected chi connectivity index (χ3v) is 2.74. The summed E-state index contributed by atoms with van der Waals surface area (Å²) in [4.78, 5) is 23.4. The van der Waals surface area contributed by atoms with E-state index in [4.69, 9.17) is 4.74 Å². The van der Waals surface area contributed by atoms with Gasteiger partial charge in [0.2, 0.25) is 0 Å². The van der Waals surface area contributed by atoms with Crippen LogP contribution in [0.15, 0.2) is 18.2 Å². The van der Waals surface area contributed by atoms with Crippen molar-refractivity contribution in [1.82, 2.24) is 5.32 Å². The van der Waals surface area contributed by atoms with Crippen molar-refractivity contribution < 1.29 is 14.3 Å². The zero-order valence-electron chi connectivity index (χ0n) is 13.2. The predicted molar refractivity (Wildman–Crippen MR) is 83.3 cm³/mol. The van der Waals surface area contributed by atoms with Gasteiger partial charge in [-0.25, -0.2) is 0 Å². The fraction of sp³-hybridized carbons (Fsp3) is 0.500. The third kappa shape index (κ3) is 6.90. The van der Waals surface area contributed by atoms with Crippen LogP contribution >= 0.6 is 0 Å². The molecule has 0 spiro atoms. The second-order valence-electron chi connectivity index (χ2n) is 5.36. The summed E-state index contributed by atoms with van der Waals surface area (Å²) in [6, 6.07) is 5.66. The maximum atomic E-state index is 11.8. The maximum absolute atomic E-state index is 11.8. The van der Waals surface area contributed by atoms with Crippen LogP contribution in [0.3, 0.4) is 0 Å². The first-order valence-electron chi connectivity index (χ1n) is 7.17. The van der Waals surface area contributed by atoms with Gasteiger partial charge >= 0.3 is 11.8 Å². The Morgan fingerprint density at radius 3 is 2.29 bits per heavy atom. The van der Waals surface area contributed by atoms with Crippen molar-refractivity contribution in [2.75, 3.05) is 18.5 Å². The van der Waals surface area contributed by atoms with E-state index < -0.39 is 11.8 Å². The normalized spacial score (nSPS) is 10.5. The molecule has 0 aliphatic rings. The maximum Gasteiger partial charge on any atom is 0.313 e. The predicted octanol–water partition coefficient (Wildman–Crippen LogP) is 2.17. The highest BCUT2D eigenvalue weighted by molar-refractivity contribution is 6.39. The second kappa shape index (κ2) is 8.42. The van der Waals surface area contributed by atoms with Crippen LogP contribution < -0.4 is 10.6 Å². The van der Waals surface area contributed by atoms with Gasteiger partial charge in [-0.15, -0.1) is 0 Å². The minimum absolute atomic E-state index is 0.175. The Kier molecular flexibility index (Phi) is 6.88. The lowest BCUT2D eigenvalue weighted by Crippen LogP contribution is -2.36. The summed E-state index contributed by atoms with van der Waals surface area (Å²) in [5, 5.41) is 5.17. The number of hydrogen-bond acceptors (Lipinski definition) is 3. The second-order valence-corrected chi connectivity index (χ2v) is 5.36. The summed E-state index contributed by atoms with van der Waals surface area (Å²) in [5.41, 5.74) is 2.71. The van der Waals surface area contributed by atoms with Gasteiger partial charge in [0, 0.05) is 18.8 Å². The highest BCUT2D eigenvalue weighted by Crippen LogP contribution is 2.13. The van der Waals surface area contributed by atoms with Crippen LogP contribution in [0.25, 0.3) is 0 Å². The lowest BCUT2D eigenvalue weighted by molar-refractivity contribution is -0.136. The Morgan fingerprint density at radius 2 is 1.71 bits per heavy atom. The molecular formula is C16H24N2O3. The number of nitrogens with one attached hydrogen (secondary N) is 2. The Hall–Kier alpha value is -1.88. The molecule has 0 radical (unpaired) electrons. The first kappa shape index (κ1) is 17.2. The number of aryl methyl sites for hydroxylation is 2. The number of amides is 2. The lowest BCUT2D eigenvalue weighted by atomic mass is 10.1. The summed E-state index contributed by atoms with van der Waals surface area (Å²) < 4.78 is 5.35. The van der Waals surface area contributed by atoms with Crippen LogP contribution in [-0.4, -0.2) is 31.1 Å². The molecule has 2 amide bonds. The number of rotatable bonds is 6. The molecule has 0 saturated heterocycles. The molecule has 0 fully saturated rings. The van der Waals surface area contributed by atoms with Gasteiger partial charge in [0.25, 0.3) is 0 Å². The van der Waals surface area contributed by atoms with Crippen molar-refractivity contribution in [2.45, 2.75) is 40.2 Å². The summed E-state index contributed by atoms with van der Waals surface area (Å²) in [6.45, 7) is 8.78. The first-order chi connectivity index (χ1) is 9.88. The number of hydrogen-bond donors (Lipinski definition) is 2. The smallest absolute Gasteiger partial charge is 0.313 e.